The van der Waals surface area contributed by atoms with Crippen LogP contribution in [-0.4, -0.2) is 27.9 Å². The summed E-state index contributed by atoms with van der Waals surface area (Å²) in [5, 5.41) is 7.57. The summed E-state index contributed by atoms with van der Waals surface area (Å²) >= 11 is 5.46. The normalized spacial score (nSPS) is 31.3. The molecule has 1 N–H and O–H groups in total. The highest BCUT2D eigenvalue weighted by atomic mass is 32.1. The molecule has 0 bridgehead atoms. The van der Waals surface area contributed by atoms with Crippen LogP contribution in [0.3, 0.4) is 0 Å². The molecule has 2 aliphatic carbocycles. The summed E-state index contributed by atoms with van der Waals surface area (Å²) < 4.78 is 3.13. The predicted octanol–water partition coefficient (Wildman–Crippen LogP) is 3.29. The molecule has 0 aromatic carbocycles. The zero-order chi connectivity index (χ0) is 12.8. The number of aromatic nitrogens is 3. The highest BCUT2D eigenvalue weighted by Gasteiger charge is 2.38. The molecular formula is C14H22N4S. The van der Waals surface area contributed by atoms with Crippen molar-refractivity contribution in [1.82, 2.24) is 14.8 Å². The van der Waals surface area contributed by atoms with E-state index in [9.17, 15) is 0 Å². The molecule has 2 atom stereocenters. The number of hydrogen-bond donors (Lipinski definition) is 1. The topological polar surface area (TPSA) is 36.9 Å². The molecule has 5 heteroatoms. The van der Waals surface area contributed by atoms with Gasteiger partial charge in [0.2, 0.25) is 5.95 Å². The fraction of sp³-hybridized carbons (Fsp3) is 0.857. The van der Waals surface area contributed by atoms with E-state index in [4.69, 9.17) is 12.2 Å². The first-order chi connectivity index (χ1) is 9.33. The van der Waals surface area contributed by atoms with Crippen LogP contribution in [0.15, 0.2) is 0 Å². The molecule has 1 saturated heterocycles. The van der Waals surface area contributed by atoms with Crippen molar-refractivity contribution in [3.8, 4) is 0 Å². The van der Waals surface area contributed by atoms with Crippen LogP contribution < -0.4 is 4.90 Å². The monoisotopic (exact) mass is 278 g/mol. The summed E-state index contributed by atoms with van der Waals surface area (Å²) in [6, 6.07) is 0.585. The minimum atomic E-state index is 0.585. The van der Waals surface area contributed by atoms with Crippen molar-refractivity contribution in [3.05, 3.63) is 4.77 Å². The quantitative estimate of drug-likeness (QED) is 0.843. The van der Waals surface area contributed by atoms with Gasteiger partial charge in [0.15, 0.2) is 4.77 Å². The third-order valence-electron chi connectivity index (χ3n) is 5.38. The number of fused-ring (bicyclic) bond motifs is 1. The van der Waals surface area contributed by atoms with Gasteiger partial charge in [-0.25, -0.2) is 5.10 Å². The molecule has 2 heterocycles. The SMILES string of the molecule is S=c1[nH]nc(N2CC3CCCC3C2)n1C1CCCC1. The second-order valence-electron chi connectivity index (χ2n) is 6.49. The van der Waals surface area contributed by atoms with Gasteiger partial charge < -0.3 is 4.90 Å². The lowest BCUT2D eigenvalue weighted by Crippen LogP contribution is -2.25. The van der Waals surface area contributed by atoms with E-state index in [2.05, 4.69) is 19.7 Å². The summed E-state index contributed by atoms with van der Waals surface area (Å²) in [5.41, 5.74) is 0. The Bertz CT molecular complexity index is 502. The van der Waals surface area contributed by atoms with Gasteiger partial charge in [-0.2, -0.15) is 0 Å². The number of anilines is 1. The van der Waals surface area contributed by atoms with E-state index in [-0.39, 0.29) is 0 Å². The van der Waals surface area contributed by atoms with E-state index in [1.807, 2.05) is 0 Å². The number of nitrogens with one attached hydrogen (secondary N) is 1. The molecule has 2 saturated carbocycles. The van der Waals surface area contributed by atoms with Crippen molar-refractivity contribution in [1.29, 1.82) is 0 Å². The molecule has 3 fully saturated rings. The Balaban J connectivity index is 1.63. The van der Waals surface area contributed by atoms with Crippen LogP contribution in [0.1, 0.15) is 51.0 Å². The Kier molecular flexibility index (Phi) is 2.90. The highest BCUT2D eigenvalue weighted by Crippen LogP contribution is 2.40. The first-order valence-corrected chi connectivity index (χ1v) is 8.15. The fourth-order valence-corrected chi connectivity index (χ4v) is 4.69. The maximum absolute atomic E-state index is 5.46. The van der Waals surface area contributed by atoms with Gasteiger partial charge in [0.1, 0.15) is 0 Å². The minimum absolute atomic E-state index is 0.585. The molecule has 2 unspecified atom stereocenters. The van der Waals surface area contributed by atoms with Gasteiger partial charge in [-0.05, 0) is 49.7 Å². The van der Waals surface area contributed by atoms with Crippen molar-refractivity contribution in [3.63, 3.8) is 0 Å². The molecular weight excluding hydrogens is 256 g/mol. The van der Waals surface area contributed by atoms with Gasteiger partial charge in [0.25, 0.3) is 0 Å². The Morgan fingerprint density at radius 2 is 1.68 bits per heavy atom. The van der Waals surface area contributed by atoms with Gasteiger partial charge in [-0.15, -0.1) is 5.10 Å². The van der Waals surface area contributed by atoms with Gasteiger partial charge >= 0.3 is 0 Å². The number of nitrogens with zero attached hydrogens (tertiary/aromatic N) is 3. The van der Waals surface area contributed by atoms with Crippen molar-refractivity contribution in [2.24, 2.45) is 11.8 Å². The van der Waals surface area contributed by atoms with E-state index < -0.39 is 0 Å². The van der Waals surface area contributed by atoms with E-state index in [1.165, 1.54) is 58.0 Å². The van der Waals surface area contributed by atoms with Crippen molar-refractivity contribution >= 4 is 18.2 Å². The second-order valence-corrected chi connectivity index (χ2v) is 6.88. The summed E-state index contributed by atoms with van der Waals surface area (Å²) in [5.74, 6) is 2.93. The lowest BCUT2D eigenvalue weighted by atomic mass is 10.0. The molecule has 104 valence electrons. The second kappa shape index (κ2) is 4.62. The number of rotatable bonds is 2. The number of aromatic amines is 1. The van der Waals surface area contributed by atoms with E-state index in [0.717, 1.165) is 22.6 Å². The molecule has 1 aromatic heterocycles. The van der Waals surface area contributed by atoms with E-state index in [0.29, 0.717) is 6.04 Å². The highest BCUT2D eigenvalue weighted by molar-refractivity contribution is 7.71. The first kappa shape index (κ1) is 11.9. The molecule has 4 rings (SSSR count). The molecule has 0 spiro atoms. The van der Waals surface area contributed by atoms with Crippen molar-refractivity contribution < 1.29 is 0 Å². The molecule has 0 radical (unpaired) electrons. The summed E-state index contributed by atoms with van der Waals surface area (Å²) in [6.45, 7) is 2.38. The Morgan fingerprint density at radius 3 is 2.37 bits per heavy atom. The zero-order valence-electron chi connectivity index (χ0n) is 11.3. The average molecular weight is 278 g/mol. The number of hydrogen-bond acceptors (Lipinski definition) is 3. The molecule has 1 aliphatic heterocycles. The first-order valence-electron chi connectivity index (χ1n) is 7.75. The lowest BCUT2D eigenvalue weighted by molar-refractivity contribution is 0.494. The van der Waals surface area contributed by atoms with Crippen LogP contribution in [0.25, 0.3) is 0 Å². The smallest absolute Gasteiger partial charge is 0.225 e. The van der Waals surface area contributed by atoms with E-state index in [1.54, 1.807) is 0 Å². The molecule has 4 nitrogen and oxygen atoms in total. The van der Waals surface area contributed by atoms with Crippen LogP contribution in [0, 0.1) is 16.6 Å². The van der Waals surface area contributed by atoms with Crippen LogP contribution in [0.2, 0.25) is 0 Å². The van der Waals surface area contributed by atoms with Gasteiger partial charge in [0, 0.05) is 19.1 Å². The van der Waals surface area contributed by atoms with Crippen molar-refractivity contribution in [2.75, 3.05) is 18.0 Å². The summed E-state index contributed by atoms with van der Waals surface area (Å²) in [4.78, 5) is 2.49. The Morgan fingerprint density at radius 1 is 1.00 bits per heavy atom. The van der Waals surface area contributed by atoms with Gasteiger partial charge in [0.05, 0.1) is 0 Å². The Labute approximate surface area is 119 Å². The zero-order valence-corrected chi connectivity index (χ0v) is 12.2. The summed E-state index contributed by atoms with van der Waals surface area (Å²) in [7, 11) is 0. The van der Waals surface area contributed by atoms with Gasteiger partial charge in [-0.3, -0.25) is 4.57 Å². The van der Waals surface area contributed by atoms with E-state index >= 15 is 0 Å². The fourth-order valence-electron chi connectivity index (χ4n) is 4.41. The lowest BCUT2D eigenvalue weighted by Gasteiger charge is -2.22. The van der Waals surface area contributed by atoms with Crippen LogP contribution in [0.4, 0.5) is 5.95 Å². The molecule has 1 aromatic rings. The third kappa shape index (κ3) is 1.93. The van der Waals surface area contributed by atoms with Crippen LogP contribution in [0.5, 0.6) is 0 Å². The van der Waals surface area contributed by atoms with Crippen LogP contribution in [-0.2, 0) is 0 Å². The molecule has 19 heavy (non-hydrogen) atoms. The minimum Gasteiger partial charge on any atom is -0.340 e. The molecule has 0 amide bonds. The largest absolute Gasteiger partial charge is 0.340 e. The predicted molar refractivity (Wildman–Crippen MR) is 78.0 cm³/mol. The maximum Gasteiger partial charge on any atom is 0.225 e. The van der Waals surface area contributed by atoms with Crippen LogP contribution >= 0.6 is 12.2 Å². The third-order valence-corrected chi connectivity index (χ3v) is 5.67. The maximum atomic E-state index is 5.46. The molecule has 3 aliphatic rings. The number of H-pyrrole nitrogens is 1. The average Bonchev–Trinajstić information content (AvgIpc) is 3.10. The van der Waals surface area contributed by atoms with Crippen molar-refractivity contribution in [2.45, 2.75) is 51.0 Å². The Hall–Kier alpha value is -0.840. The van der Waals surface area contributed by atoms with Gasteiger partial charge in [-0.1, -0.05) is 19.3 Å². The standard InChI is InChI=1S/C14H22N4S/c19-14-16-15-13(18(14)12-6-1-2-7-12)17-8-10-4-3-5-11(10)9-17/h10-12H,1-9H2,(H,16,19). The summed E-state index contributed by atoms with van der Waals surface area (Å²) in [6.07, 6.45) is 9.46.